The first-order chi connectivity index (χ1) is 2.77. The molecule has 0 rings (SSSR count). The number of nitrogens with one attached hydrogen (secondary N) is 1. The van der Waals surface area contributed by atoms with E-state index < -0.39 is 5.97 Å². The number of carboxylic acid groups (broad SMARTS) is 1. The Morgan fingerprint density at radius 3 is 2.50 bits per heavy atom. The molecule has 0 aliphatic carbocycles. The van der Waals surface area contributed by atoms with Crippen molar-refractivity contribution in [2.24, 2.45) is 0 Å². The van der Waals surface area contributed by atoms with Crippen LogP contribution in [-0.4, -0.2) is 24.3 Å². The highest BCUT2D eigenvalue weighted by atomic mass is 16.4. The van der Waals surface area contributed by atoms with E-state index >= 15 is 0 Å². The maximum atomic E-state index is 9.50. The van der Waals surface area contributed by atoms with Gasteiger partial charge in [0.2, 0.25) is 6.54 Å². The molecule has 0 aromatic rings. The molecule has 0 fully saturated rings. The molecule has 0 saturated carbocycles. The molecule has 0 aromatic carbocycles. The predicted octanol–water partition coefficient (Wildman–Crippen LogP) is -2.15. The Morgan fingerprint density at radius 2 is 2.50 bits per heavy atom. The van der Waals surface area contributed by atoms with Crippen LogP contribution in [-0.2, 0) is 4.79 Å². The zero-order valence-corrected chi connectivity index (χ0v) is 3.27. The fourth-order valence-electron chi connectivity index (χ4n) is 0.107. The summed E-state index contributed by atoms with van der Waals surface area (Å²) >= 11 is 0. The third-order valence-corrected chi connectivity index (χ3v) is 0.276. The van der Waals surface area contributed by atoms with E-state index in [2.05, 4.69) is 11.7 Å². The van der Waals surface area contributed by atoms with Crippen molar-refractivity contribution in [1.82, 2.24) is 0 Å². The van der Waals surface area contributed by atoms with Crippen molar-refractivity contribution < 1.29 is 14.9 Å². The molecule has 0 aromatic heterocycles. The fourth-order valence-corrected chi connectivity index (χ4v) is 0.107. The zero-order valence-electron chi connectivity index (χ0n) is 3.27. The number of carbonyl (C=O) groups is 1. The van der Waals surface area contributed by atoms with Crippen LogP contribution in [0.15, 0.2) is 0 Å². The minimum atomic E-state index is -0.884. The van der Waals surface area contributed by atoms with Crippen molar-refractivity contribution in [2.75, 3.05) is 6.54 Å². The second kappa shape index (κ2) is 2.38. The van der Waals surface area contributed by atoms with Crippen molar-refractivity contribution in [2.45, 2.75) is 0 Å². The van der Waals surface area contributed by atoms with Crippen LogP contribution in [0.5, 0.6) is 0 Å². The van der Waals surface area contributed by atoms with E-state index in [1.165, 1.54) is 0 Å². The topological polar surface area (TPSA) is 51.3 Å². The number of rotatable bonds is 2. The molecule has 0 unspecified atom stereocenters. The molecule has 0 amide bonds. The van der Waals surface area contributed by atoms with E-state index in [-0.39, 0.29) is 6.54 Å². The van der Waals surface area contributed by atoms with Gasteiger partial charge in [0.05, 0.1) is 0 Å². The molecular weight excluding hydrogens is 82.0 g/mol. The van der Waals surface area contributed by atoms with E-state index in [1.54, 1.807) is 0 Å². The number of hydrogen-bond acceptors (Lipinski definition) is 1. The van der Waals surface area contributed by atoms with E-state index in [0.717, 1.165) is 0 Å². The molecule has 34 valence electrons. The van der Waals surface area contributed by atoms with Gasteiger partial charge in [-0.15, -0.1) is 0 Å². The molecule has 0 aliphatic heterocycles. The first-order valence-corrected chi connectivity index (χ1v) is 1.49. The van der Waals surface area contributed by atoms with Gasteiger partial charge in [0.25, 0.3) is 0 Å². The molecule has 6 heavy (non-hydrogen) atoms. The Bertz CT molecular complexity index is 69.2. The van der Waals surface area contributed by atoms with Gasteiger partial charge in [-0.25, -0.2) is 9.79 Å². The summed E-state index contributed by atoms with van der Waals surface area (Å²) in [5.41, 5.74) is 0. The van der Waals surface area contributed by atoms with E-state index in [4.69, 9.17) is 5.11 Å². The van der Waals surface area contributed by atoms with Crippen LogP contribution in [0.4, 0.5) is 0 Å². The average molecular weight is 88.1 g/mol. The molecule has 3 nitrogen and oxygen atoms in total. The van der Waals surface area contributed by atoms with Crippen molar-refractivity contribution in [3.05, 3.63) is 0 Å². The molecule has 0 saturated heterocycles. The Hall–Kier alpha value is -0.860. The molecule has 0 bridgehead atoms. The molecule has 0 atom stereocenters. The predicted molar refractivity (Wildman–Crippen MR) is 20.6 cm³/mol. The van der Waals surface area contributed by atoms with Crippen LogP contribution >= 0.6 is 0 Å². The Balaban J connectivity index is 3.05. The van der Waals surface area contributed by atoms with E-state index in [9.17, 15) is 4.79 Å². The van der Waals surface area contributed by atoms with Gasteiger partial charge in [-0.3, -0.25) is 0 Å². The third-order valence-electron chi connectivity index (χ3n) is 0.276. The standard InChI is InChI=1S/C3H5NO2/c1-4-2-3(5)6/h1-2H2,(H,5,6)/p+1. The lowest BCUT2D eigenvalue weighted by Crippen LogP contribution is -2.68. The van der Waals surface area contributed by atoms with Gasteiger partial charge < -0.3 is 5.11 Å². The van der Waals surface area contributed by atoms with Gasteiger partial charge in [0.15, 0.2) is 0 Å². The Morgan fingerprint density at radius 1 is 2.00 bits per heavy atom. The number of carboxylic acids is 1. The van der Waals surface area contributed by atoms with Gasteiger partial charge in [0, 0.05) is 0 Å². The van der Waals surface area contributed by atoms with Crippen LogP contribution in [0.3, 0.4) is 0 Å². The molecule has 3 heteroatoms. The van der Waals surface area contributed by atoms with Crippen LogP contribution in [0.25, 0.3) is 0 Å². The maximum Gasteiger partial charge on any atom is 0.369 e. The lowest BCUT2D eigenvalue weighted by molar-refractivity contribution is -0.436. The number of hydrogen-bond donors (Lipinski definition) is 2. The molecular formula is C3H6NO2+. The molecule has 0 aliphatic rings. The highest BCUT2D eigenvalue weighted by Crippen LogP contribution is 1.41. The van der Waals surface area contributed by atoms with Crippen molar-refractivity contribution in [1.29, 1.82) is 0 Å². The second-order valence-corrected chi connectivity index (χ2v) is 0.821. The highest BCUT2D eigenvalue weighted by Gasteiger charge is 1.91. The normalized spacial score (nSPS) is 7.33. The van der Waals surface area contributed by atoms with Crippen LogP contribution in [0, 0.1) is 0 Å². The lowest BCUT2D eigenvalue weighted by Gasteiger charge is -1.70. The Kier molecular flexibility index (Phi) is 2.04. The zero-order chi connectivity index (χ0) is 4.99. The molecule has 0 spiro atoms. The smallest absolute Gasteiger partial charge is 0.369 e. The largest absolute Gasteiger partial charge is 0.477 e. The van der Waals surface area contributed by atoms with E-state index in [0.29, 0.717) is 0 Å². The summed E-state index contributed by atoms with van der Waals surface area (Å²) in [6.07, 6.45) is 0. The first kappa shape index (κ1) is 5.14. The Labute approximate surface area is 35.3 Å². The quantitative estimate of drug-likeness (QED) is 0.378. The van der Waals surface area contributed by atoms with Gasteiger partial charge in [-0.2, -0.15) is 0 Å². The van der Waals surface area contributed by atoms with Gasteiger partial charge >= 0.3 is 5.97 Å². The molecule has 0 radical (unpaired) electrons. The molecule has 2 N–H and O–H groups in total. The van der Waals surface area contributed by atoms with Crippen LogP contribution < -0.4 is 4.99 Å². The number of aliphatic carboxylic acids is 1. The second-order valence-electron chi connectivity index (χ2n) is 0.821. The minimum Gasteiger partial charge on any atom is -0.477 e. The monoisotopic (exact) mass is 88.0 g/mol. The van der Waals surface area contributed by atoms with E-state index in [1.807, 2.05) is 0 Å². The molecule has 0 heterocycles. The summed E-state index contributed by atoms with van der Waals surface area (Å²) in [6.45, 7) is 3.03. The summed E-state index contributed by atoms with van der Waals surface area (Å²) in [4.78, 5) is 11.7. The first-order valence-electron chi connectivity index (χ1n) is 1.49. The summed E-state index contributed by atoms with van der Waals surface area (Å²) in [5.74, 6) is -0.884. The van der Waals surface area contributed by atoms with Gasteiger partial charge in [-0.05, 0) is 0 Å². The highest BCUT2D eigenvalue weighted by molar-refractivity contribution is 5.67. The van der Waals surface area contributed by atoms with Crippen LogP contribution in [0.2, 0.25) is 0 Å². The van der Waals surface area contributed by atoms with Crippen molar-refractivity contribution in [3.63, 3.8) is 0 Å². The van der Waals surface area contributed by atoms with Crippen molar-refractivity contribution >= 4 is 12.7 Å². The summed E-state index contributed by atoms with van der Waals surface area (Å²) < 4.78 is 0. The minimum absolute atomic E-state index is 0.0694. The van der Waals surface area contributed by atoms with Gasteiger partial charge in [0.1, 0.15) is 6.72 Å². The van der Waals surface area contributed by atoms with Crippen molar-refractivity contribution in [3.8, 4) is 0 Å². The maximum absolute atomic E-state index is 9.50. The average Bonchev–Trinajstić information content (AvgIpc) is 1.35. The SMILES string of the molecule is C=[NH+]CC(=O)O. The summed E-state index contributed by atoms with van der Waals surface area (Å²) in [7, 11) is 0. The van der Waals surface area contributed by atoms with Gasteiger partial charge in [-0.1, -0.05) is 0 Å². The third kappa shape index (κ3) is 3.14. The summed E-state index contributed by atoms with van der Waals surface area (Å²) in [5, 5.41) is 7.81. The lowest BCUT2D eigenvalue weighted by atomic mass is 10.7. The fraction of sp³-hybridized carbons (Fsp3) is 0.333. The van der Waals surface area contributed by atoms with Crippen LogP contribution in [0.1, 0.15) is 0 Å². The summed E-state index contributed by atoms with van der Waals surface area (Å²) in [6, 6.07) is 0.